The minimum absolute atomic E-state index is 0.157. The summed E-state index contributed by atoms with van der Waals surface area (Å²) in [5.74, 6) is 0. The number of hydrogen-bond donors (Lipinski definition) is 0. The van der Waals surface area contributed by atoms with Gasteiger partial charge in [-0.15, -0.1) is 5.10 Å². The topological polar surface area (TPSA) is 57.0 Å². The van der Waals surface area contributed by atoms with Crippen LogP contribution < -0.4 is 0 Å². The molecule has 0 aliphatic carbocycles. The molecular formula is C8H13N3O2. The molecule has 1 aromatic heterocycles. The molecule has 0 aliphatic heterocycles. The molecule has 1 rings (SSSR count). The number of carbonyl (C=O) groups excluding carboxylic acids is 1. The number of ether oxygens (including phenoxy) is 1. The maximum absolute atomic E-state index is 10.6. The van der Waals surface area contributed by atoms with E-state index in [1.54, 1.807) is 11.8 Å². The lowest BCUT2D eigenvalue weighted by atomic mass is 10.2. The van der Waals surface area contributed by atoms with Crippen molar-refractivity contribution in [3.63, 3.8) is 0 Å². The lowest BCUT2D eigenvalue weighted by Crippen LogP contribution is -2.09. The molecule has 1 heterocycles. The van der Waals surface area contributed by atoms with Gasteiger partial charge in [0.05, 0.1) is 11.8 Å². The molecule has 13 heavy (non-hydrogen) atoms. The first-order chi connectivity index (χ1) is 6.24. The van der Waals surface area contributed by atoms with Crippen LogP contribution in [0.5, 0.6) is 0 Å². The van der Waals surface area contributed by atoms with Crippen LogP contribution in [-0.2, 0) is 11.3 Å². The Morgan fingerprint density at radius 3 is 2.85 bits per heavy atom. The molecule has 0 saturated heterocycles. The highest BCUT2D eigenvalue weighted by Gasteiger charge is 2.17. The normalized spacial score (nSPS) is 12.8. The SMILES string of the molecule is CCn1nnc(C=O)c1C(C)OC. The highest BCUT2D eigenvalue weighted by molar-refractivity contribution is 5.73. The summed E-state index contributed by atoms with van der Waals surface area (Å²) in [6.07, 6.45) is 0.541. The molecule has 0 spiro atoms. The van der Waals surface area contributed by atoms with E-state index in [1.807, 2.05) is 13.8 Å². The standard InChI is InChI=1S/C8H13N3O2/c1-4-11-8(6(2)13-3)7(5-12)9-10-11/h5-6H,4H2,1-3H3. The van der Waals surface area contributed by atoms with Crippen LogP contribution in [0.1, 0.15) is 36.1 Å². The van der Waals surface area contributed by atoms with Crippen molar-refractivity contribution in [1.82, 2.24) is 15.0 Å². The molecule has 0 aliphatic rings. The van der Waals surface area contributed by atoms with Gasteiger partial charge in [-0.3, -0.25) is 4.79 Å². The summed E-state index contributed by atoms with van der Waals surface area (Å²) < 4.78 is 6.78. The van der Waals surface area contributed by atoms with Gasteiger partial charge in [0.25, 0.3) is 0 Å². The largest absolute Gasteiger partial charge is 0.375 e. The Hall–Kier alpha value is -1.23. The molecule has 72 valence electrons. The first kappa shape index (κ1) is 9.85. The van der Waals surface area contributed by atoms with E-state index in [9.17, 15) is 4.79 Å². The fourth-order valence-corrected chi connectivity index (χ4v) is 1.18. The molecule has 0 radical (unpaired) electrons. The second-order valence-corrected chi connectivity index (χ2v) is 2.67. The number of rotatable bonds is 4. The summed E-state index contributed by atoms with van der Waals surface area (Å²) in [7, 11) is 1.59. The van der Waals surface area contributed by atoms with Gasteiger partial charge in [-0.1, -0.05) is 5.21 Å². The van der Waals surface area contributed by atoms with E-state index in [0.29, 0.717) is 18.5 Å². The Morgan fingerprint density at radius 2 is 2.38 bits per heavy atom. The van der Waals surface area contributed by atoms with Crippen molar-refractivity contribution < 1.29 is 9.53 Å². The van der Waals surface area contributed by atoms with E-state index in [1.165, 1.54) is 0 Å². The number of carbonyl (C=O) groups is 1. The van der Waals surface area contributed by atoms with Gasteiger partial charge in [-0.05, 0) is 13.8 Å². The zero-order valence-electron chi connectivity index (χ0n) is 8.02. The van der Waals surface area contributed by atoms with Gasteiger partial charge >= 0.3 is 0 Å². The Morgan fingerprint density at radius 1 is 1.69 bits per heavy atom. The Kier molecular flexibility index (Phi) is 3.13. The van der Waals surface area contributed by atoms with E-state index in [4.69, 9.17) is 4.74 Å². The molecule has 0 N–H and O–H groups in total. The maximum Gasteiger partial charge on any atom is 0.172 e. The smallest absolute Gasteiger partial charge is 0.172 e. The third kappa shape index (κ3) is 1.75. The average Bonchev–Trinajstić information content (AvgIpc) is 2.59. The summed E-state index contributed by atoms with van der Waals surface area (Å²) in [4.78, 5) is 10.6. The fraction of sp³-hybridized carbons (Fsp3) is 0.625. The molecule has 1 atom stereocenters. The predicted octanol–water partition coefficient (Wildman–Crippen LogP) is 0.818. The van der Waals surface area contributed by atoms with Crippen LogP contribution in [0.3, 0.4) is 0 Å². The van der Waals surface area contributed by atoms with E-state index >= 15 is 0 Å². The third-order valence-corrected chi connectivity index (χ3v) is 1.95. The van der Waals surface area contributed by atoms with Gasteiger partial charge in [0.2, 0.25) is 0 Å². The first-order valence-corrected chi connectivity index (χ1v) is 4.15. The molecule has 0 fully saturated rings. The molecular weight excluding hydrogens is 170 g/mol. The lowest BCUT2D eigenvalue weighted by Gasteiger charge is -2.10. The van der Waals surface area contributed by atoms with Crippen molar-refractivity contribution in [1.29, 1.82) is 0 Å². The van der Waals surface area contributed by atoms with Crippen LogP contribution in [0.25, 0.3) is 0 Å². The van der Waals surface area contributed by atoms with Crippen LogP contribution >= 0.6 is 0 Å². The molecule has 5 nitrogen and oxygen atoms in total. The molecule has 1 unspecified atom stereocenters. The first-order valence-electron chi connectivity index (χ1n) is 4.15. The van der Waals surface area contributed by atoms with E-state index in [2.05, 4.69) is 10.3 Å². The van der Waals surface area contributed by atoms with E-state index in [0.717, 1.165) is 5.69 Å². The quantitative estimate of drug-likeness (QED) is 0.648. The van der Waals surface area contributed by atoms with Crippen molar-refractivity contribution in [2.24, 2.45) is 0 Å². The van der Waals surface area contributed by atoms with E-state index < -0.39 is 0 Å². The molecule has 0 aromatic carbocycles. The van der Waals surface area contributed by atoms with Crippen molar-refractivity contribution in [2.45, 2.75) is 26.5 Å². The molecule has 0 bridgehead atoms. The Bertz CT molecular complexity index is 296. The van der Waals surface area contributed by atoms with E-state index in [-0.39, 0.29) is 6.10 Å². The van der Waals surface area contributed by atoms with Gasteiger partial charge < -0.3 is 4.74 Å². The average molecular weight is 183 g/mol. The molecule has 0 saturated carbocycles. The molecule has 5 heteroatoms. The summed E-state index contributed by atoms with van der Waals surface area (Å²) >= 11 is 0. The lowest BCUT2D eigenvalue weighted by molar-refractivity contribution is 0.105. The number of aromatic nitrogens is 3. The van der Waals surface area contributed by atoms with Crippen molar-refractivity contribution in [3.05, 3.63) is 11.4 Å². The van der Waals surface area contributed by atoms with Gasteiger partial charge in [-0.25, -0.2) is 4.68 Å². The summed E-state index contributed by atoms with van der Waals surface area (Å²) in [5.41, 5.74) is 1.09. The maximum atomic E-state index is 10.6. The number of aldehydes is 1. The monoisotopic (exact) mass is 183 g/mol. The third-order valence-electron chi connectivity index (χ3n) is 1.95. The number of nitrogens with zero attached hydrogens (tertiary/aromatic N) is 3. The summed E-state index contributed by atoms with van der Waals surface area (Å²) in [5, 5.41) is 7.57. The highest BCUT2D eigenvalue weighted by Crippen LogP contribution is 2.17. The van der Waals surface area contributed by atoms with Gasteiger partial charge in [0.15, 0.2) is 12.0 Å². The zero-order chi connectivity index (χ0) is 9.84. The van der Waals surface area contributed by atoms with Crippen LogP contribution in [0.2, 0.25) is 0 Å². The van der Waals surface area contributed by atoms with Crippen LogP contribution in [0.15, 0.2) is 0 Å². The van der Waals surface area contributed by atoms with Crippen molar-refractivity contribution >= 4 is 6.29 Å². The molecule has 0 amide bonds. The number of hydrogen-bond acceptors (Lipinski definition) is 4. The summed E-state index contributed by atoms with van der Waals surface area (Å²) in [6.45, 7) is 4.48. The van der Waals surface area contributed by atoms with Crippen LogP contribution in [0.4, 0.5) is 0 Å². The zero-order valence-corrected chi connectivity index (χ0v) is 8.02. The van der Waals surface area contributed by atoms with Gasteiger partial charge in [-0.2, -0.15) is 0 Å². The minimum Gasteiger partial charge on any atom is -0.375 e. The Balaban J connectivity index is 3.11. The van der Waals surface area contributed by atoms with Crippen LogP contribution in [-0.4, -0.2) is 28.4 Å². The summed E-state index contributed by atoms with van der Waals surface area (Å²) in [6, 6.07) is 0. The van der Waals surface area contributed by atoms with Gasteiger partial charge in [0, 0.05) is 13.7 Å². The fourth-order valence-electron chi connectivity index (χ4n) is 1.18. The van der Waals surface area contributed by atoms with Crippen molar-refractivity contribution in [2.75, 3.05) is 7.11 Å². The van der Waals surface area contributed by atoms with Crippen LogP contribution in [0, 0.1) is 0 Å². The van der Waals surface area contributed by atoms with Gasteiger partial charge in [0.1, 0.15) is 0 Å². The number of aryl methyl sites for hydroxylation is 1. The molecule has 1 aromatic rings. The highest BCUT2D eigenvalue weighted by atomic mass is 16.5. The second-order valence-electron chi connectivity index (χ2n) is 2.67. The minimum atomic E-state index is -0.157. The number of methoxy groups -OCH3 is 1. The Labute approximate surface area is 76.7 Å². The second kappa shape index (κ2) is 4.13. The predicted molar refractivity (Wildman–Crippen MR) is 46.5 cm³/mol. The van der Waals surface area contributed by atoms with Crippen molar-refractivity contribution in [3.8, 4) is 0 Å².